The molecule has 0 saturated carbocycles. The van der Waals surface area contributed by atoms with E-state index in [1.807, 2.05) is 0 Å². The van der Waals surface area contributed by atoms with Gasteiger partial charge in [-0.1, -0.05) is 6.07 Å². The van der Waals surface area contributed by atoms with Gasteiger partial charge in [0.1, 0.15) is 11.3 Å². The van der Waals surface area contributed by atoms with Gasteiger partial charge in [0.25, 0.3) is 5.91 Å². The summed E-state index contributed by atoms with van der Waals surface area (Å²) < 4.78 is 40.6. The number of rotatable bonds is 3. The van der Waals surface area contributed by atoms with Crippen molar-refractivity contribution in [3.05, 3.63) is 35.8 Å². The highest BCUT2D eigenvalue weighted by Crippen LogP contribution is 2.32. The fraction of sp³-hybridized carbons (Fsp3) is 0.357. The van der Waals surface area contributed by atoms with Crippen molar-refractivity contribution in [1.29, 1.82) is 0 Å². The van der Waals surface area contributed by atoms with Gasteiger partial charge < -0.3 is 9.80 Å². The molecule has 0 aromatic carbocycles. The molecule has 0 N–H and O–H groups in total. The summed E-state index contributed by atoms with van der Waals surface area (Å²) in [6.07, 6.45) is -3.45. The number of pyridine rings is 1. The quantitative estimate of drug-likeness (QED) is 0.858. The van der Waals surface area contributed by atoms with Gasteiger partial charge in [-0.15, -0.1) is 0 Å². The third-order valence-electron chi connectivity index (χ3n) is 3.22. The fourth-order valence-electron chi connectivity index (χ4n) is 1.99. The maximum Gasteiger partial charge on any atom is 0.435 e. The molecule has 2 aromatic rings. The highest BCUT2D eigenvalue weighted by molar-refractivity contribution is 5.96. The average Bonchev–Trinajstić information content (AvgIpc) is 2.85. The van der Waals surface area contributed by atoms with E-state index in [0.717, 1.165) is 9.30 Å². The van der Waals surface area contributed by atoms with Crippen LogP contribution < -0.4 is 0 Å². The third-order valence-corrected chi connectivity index (χ3v) is 3.22. The SMILES string of the molecule is CN(C)C(=O)CN(C)C(=O)c1c(C(F)(F)F)nc2ccccn12. The fourth-order valence-corrected chi connectivity index (χ4v) is 1.99. The van der Waals surface area contributed by atoms with Crippen LogP contribution in [0.15, 0.2) is 24.4 Å². The topological polar surface area (TPSA) is 57.9 Å². The first-order valence-corrected chi connectivity index (χ1v) is 6.63. The van der Waals surface area contributed by atoms with Crippen LogP contribution >= 0.6 is 0 Å². The molecule has 0 saturated heterocycles. The Labute approximate surface area is 130 Å². The zero-order valence-electron chi connectivity index (χ0n) is 12.8. The summed E-state index contributed by atoms with van der Waals surface area (Å²) in [6, 6.07) is 4.39. The van der Waals surface area contributed by atoms with E-state index in [0.29, 0.717) is 0 Å². The average molecular weight is 328 g/mol. The summed E-state index contributed by atoms with van der Waals surface area (Å²) in [4.78, 5) is 29.8. The minimum absolute atomic E-state index is 0.00973. The number of hydrogen-bond acceptors (Lipinski definition) is 3. The number of nitrogens with zero attached hydrogens (tertiary/aromatic N) is 4. The van der Waals surface area contributed by atoms with Crippen molar-refractivity contribution in [1.82, 2.24) is 19.2 Å². The molecule has 124 valence electrons. The lowest BCUT2D eigenvalue weighted by Gasteiger charge is -2.19. The minimum Gasteiger partial charge on any atom is -0.347 e. The molecule has 0 aliphatic carbocycles. The van der Waals surface area contributed by atoms with Gasteiger partial charge in [0, 0.05) is 27.3 Å². The Bertz CT molecular complexity index is 752. The van der Waals surface area contributed by atoms with Gasteiger partial charge in [-0.2, -0.15) is 13.2 Å². The van der Waals surface area contributed by atoms with Crippen LogP contribution in [0.5, 0.6) is 0 Å². The summed E-state index contributed by atoms with van der Waals surface area (Å²) in [5.41, 5.74) is -1.87. The second-order valence-corrected chi connectivity index (χ2v) is 5.18. The van der Waals surface area contributed by atoms with Crippen molar-refractivity contribution < 1.29 is 22.8 Å². The molecule has 0 aliphatic heterocycles. The second kappa shape index (κ2) is 5.90. The number of hydrogen-bond donors (Lipinski definition) is 0. The molecule has 2 heterocycles. The van der Waals surface area contributed by atoms with E-state index < -0.39 is 29.4 Å². The highest BCUT2D eigenvalue weighted by atomic mass is 19.4. The largest absolute Gasteiger partial charge is 0.435 e. The Morgan fingerprint density at radius 1 is 1.22 bits per heavy atom. The summed E-state index contributed by atoms with van der Waals surface area (Å²) in [7, 11) is 4.26. The maximum absolute atomic E-state index is 13.2. The minimum atomic E-state index is -4.77. The number of fused-ring (bicyclic) bond motifs is 1. The lowest BCUT2D eigenvalue weighted by Crippen LogP contribution is -2.38. The van der Waals surface area contributed by atoms with Crippen LogP contribution in [-0.4, -0.2) is 58.7 Å². The Balaban J connectivity index is 2.49. The molecule has 2 aromatic heterocycles. The molecule has 0 radical (unpaired) electrons. The lowest BCUT2D eigenvalue weighted by atomic mass is 10.2. The van der Waals surface area contributed by atoms with Crippen LogP contribution in [0.25, 0.3) is 5.65 Å². The number of carbonyl (C=O) groups is 2. The van der Waals surface area contributed by atoms with Crippen molar-refractivity contribution >= 4 is 17.5 Å². The second-order valence-electron chi connectivity index (χ2n) is 5.18. The van der Waals surface area contributed by atoms with Crippen molar-refractivity contribution in [3.8, 4) is 0 Å². The predicted molar refractivity (Wildman–Crippen MR) is 75.8 cm³/mol. The zero-order valence-corrected chi connectivity index (χ0v) is 12.8. The molecule has 0 aliphatic rings. The highest BCUT2D eigenvalue weighted by Gasteiger charge is 2.40. The first-order chi connectivity index (χ1) is 10.6. The number of amides is 2. The number of alkyl halides is 3. The van der Waals surface area contributed by atoms with Gasteiger partial charge in [0.2, 0.25) is 5.91 Å². The van der Waals surface area contributed by atoms with Crippen LogP contribution in [0.1, 0.15) is 16.2 Å². The van der Waals surface area contributed by atoms with Gasteiger partial charge in [-0.3, -0.25) is 14.0 Å². The number of halogens is 3. The van der Waals surface area contributed by atoms with E-state index in [4.69, 9.17) is 0 Å². The van der Waals surface area contributed by atoms with Crippen molar-refractivity contribution in [3.63, 3.8) is 0 Å². The number of aromatic nitrogens is 2. The van der Waals surface area contributed by atoms with E-state index in [9.17, 15) is 22.8 Å². The molecule has 2 amide bonds. The lowest BCUT2D eigenvalue weighted by molar-refractivity contribution is -0.141. The molecule has 0 bridgehead atoms. The number of likely N-dealkylation sites (N-methyl/N-ethyl adjacent to an activating group) is 2. The molecule has 0 atom stereocenters. The molecule has 23 heavy (non-hydrogen) atoms. The van der Waals surface area contributed by atoms with Crippen LogP contribution in [-0.2, 0) is 11.0 Å². The molecule has 0 unspecified atom stereocenters. The van der Waals surface area contributed by atoms with Gasteiger partial charge in [-0.05, 0) is 12.1 Å². The molecule has 0 spiro atoms. The van der Waals surface area contributed by atoms with Crippen LogP contribution in [0.4, 0.5) is 13.2 Å². The third kappa shape index (κ3) is 3.27. The van der Waals surface area contributed by atoms with E-state index in [2.05, 4.69) is 4.98 Å². The Morgan fingerprint density at radius 3 is 2.43 bits per heavy atom. The summed E-state index contributed by atoms with van der Waals surface area (Å²) >= 11 is 0. The van der Waals surface area contributed by atoms with Crippen molar-refractivity contribution in [2.75, 3.05) is 27.7 Å². The number of imidazole rings is 1. The smallest absolute Gasteiger partial charge is 0.347 e. The first kappa shape index (κ1) is 16.8. The van der Waals surface area contributed by atoms with Crippen molar-refractivity contribution in [2.24, 2.45) is 0 Å². The predicted octanol–water partition coefficient (Wildman–Crippen LogP) is 1.51. The van der Waals surface area contributed by atoms with E-state index >= 15 is 0 Å². The molecule has 2 rings (SSSR count). The Kier molecular flexibility index (Phi) is 4.31. The van der Waals surface area contributed by atoms with E-state index in [-0.39, 0.29) is 12.2 Å². The molecular weight excluding hydrogens is 313 g/mol. The summed E-state index contributed by atoms with van der Waals surface area (Å²) in [5, 5.41) is 0. The van der Waals surface area contributed by atoms with Gasteiger partial charge in [-0.25, -0.2) is 4.98 Å². The van der Waals surface area contributed by atoms with Crippen LogP contribution in [0.3, 0.4) is 0 Å². The maximum atomic E-state index is 13.2. The Morgan fingerprint density at radius 2 is 1.87 bits per heavy atom. The summed E-state index contributed by atoms with van der Waals surface area (Å²) in [6.45, 7) is -0.330. The van der Waals surface area contributed by atoms with E-state index in [1.54, 1.807) is 0 Å². The van der Waals surface area contributed by atoms with Crippen LogP contribution in [0.2, 0.25) is 0 Å². The molecule has 0 fully saturated rings. The summed E-state index contributed by atoms with van der Waals surface area (Å²) in [5.74, 6) is -1.32. The molecule has 9 heteroatoms. The first-order valence-electron chi connectivity index (χ1n) is 6.63. The zero-order chi connectivity index (χ0) is 17.4. The standard InChI is InChI=1S/C14H15F3N4O2/c1-19(2)10(22)8-20(3)13(23)11-12(14(15,16)17)18-9-6-4-5-7-21(9)11/h4-7H,8H2,1-3H3. The van der Waals surface area contributed by atoms with Crippen LogP contribution in [0, 0.1) is 0 Å². The number of carbonyl (C=O) groups excluding carboxylic acids is 2. The van der Waals surface area contributed by atoms with Crippen molar-refractivity contribution in [2.45, 2.75) is 6.18 Å². The molecule has 6 nitrogen and oxygen atoms in total. The van der Waals surface area contributed by atoms with Gasteiger partial charge in [0.15, 0.2) is 5.69 Å². The van der Waals surface area contributed by atoms with Gasteiger partial charge in [0.05, 0.1) is 6.54 Å². The Hall–Kier alpha value is -2.58. The van der Waals surface area contributed by atoms with Gasteiger partial charge >= 0.3 is 6.18 Å². The monoisotopic (exact) mass is 328 g/mol. The normalized spacial score (nSPS) is 11.6. The van der Waals surface area contributed by atoms with E-state index in [1.165, 1.54) is 50.4 Å². The molecular formula is C14H15F3N4O2.